The number of aryl methyl sites for hydroxylation is 2. The zero-order valence-corrected chi connectivity index (χ0v) is 18.2. The molecule has 0 aliphatic heterocycles. The molecule has 0 saturated heterocycles. The number of fused-ring (bicyclic) bond motifs is 3. The highest BCUT2D eigenvalue weighted by atomic mass is 32.2. The van der Waals surface area contributed by atoms with Crippen molar-refractivity contribution in [2.75, 3.05) is 11.9 Å². The molecule has 1 amide bonds. The third-order valence-electron chi connectivity index (χ3n) is 5.21. The molecule has 7 heteroatoms. The van der Waals surface area contributed by atoms with E-state index in [4.69, 9.17) is 4.98 Å². The van der Waals surface area contributed by atoms with Crippen molar-refractivity contribution in [3.8, 4) is 0 Å². The van der Waals surface area contributed by atoms with E-state index in [1.807, 2.05) is 37.3 Å². The zero-order valence-electron chi connectivity index (χ0n) is 16.6. The molecule has 0 spiro atoms. The standard InChI is InChI=1S/C22H23N3O2S2/c1-4-13-25-21(27)18-16-11-8-12-17(16)29-19(18)23-22(25)28-14(2)20(26)24(3)15-9-6-5-7-10-15/h4-7,9-10,14H,1,8,11-13H2,2-3H3/t14-/m1/s1. The maximum absolute atomic E-state index is 13.2. The molecule has 0 saturated carbocycles. The number of thioether (sulfide) groups is 1. The highest BCUT2D eigenvalue weighted by molar-refractivity contribution is 8.00. The summed E-state index contributed by atoms with van der Waals surface area (Å²) in [5.41, 5.74) is 1.99. The summed E-state index contributed by atoms with van der Waals surface area (Å²) in [6, 6.07) is 9.54. The molecule has 0 fully saturated rings. The lowest BCUT2D eigenvalue weighted by molar-refractivity contribution is -0.117. The van der Waals surface area contributed by atoms with Crippen LogP contribution in [0.3, 0.4) is 0 Å². The van der Waals surface area contributed by atoms with Gasteiger partial charge in [-0.3, -0.25) is 14.2 Å². The van der Waals surface area contributed by atoms with E-state index in [9.17, 15) is 9.59 Å². The zero-order chi connectivity index (χ0) is 20.5. The molecule has 150 valence electrons. The van der Waals surface area contributed by atoms with E-state index in [1.54, 1.807) is 33.9 Å². The molecule has 2 aromatic heterocycles. The average molecular weight is 426 g/mol. The summed E-state index contributed by atoms with van der Waals surface area (Å²) in [7, 11) is 1.77. The van der Waals surface area contributed by atoms with E-state index < -0.39 is 0 Å². The van der Waals surface area contributed by atoms with Crippen molar-refractivity contribution in [3.05, 3.63) is 63.8 Å². The van der Waals surface area contributed by atoms with Crippen LogP contribution >= 0.6 is 23.1 Å². The minimum absolute atomic E-state index is 0.0205. The number of thiophene rings is 1. The first-order valence-corrected chi connectivity index (χ1v) is 11.4. The first-order valence-electron chi connectivity index (χ1n) is 9.66. The number of carbonyl (C=O) groups is 1. The molecule has 2 heterocycles. The predicted molar refractivity (Wildman–Crippen MR) is 121 cm³/mol. The Morgan fingerprint density at radius 2 is 2.14 bits per heavy atom. The second-order valence-corrected chi connectivity index (χ2v) is 9.52. The number of carbonyl (C=O) groups excluding carboxylic acids is 1. The van der Waals surface area contributed by atoms with Crippen LogP contribution < -0.4 is 10.5 Å². The minimum Gasteiger partial charge on any atom is -0.315 e. The first kappa shape index (κ1) is 19.9. The number of hydrogen-bond acceptors (Lipinski definition) is 5. The lowest BCUT2D eigenvalue weighted by atomic mass is 10.2. The van der Waals surface area contributed by atoms with Gasteiger partial charge in [0.15, 0.2) is 5.16 Å². The van der Waals surface area contributed by atoms with Gasteiger partial charge in [-0.25, -0.2) is 4.98 Å². The van der Waals surface area contributed by atoms with Gasteiger partial charge in [-0.1, -0.05) is 36.0 Å². The molecule has 3 aromatic rings. The number of hydrogen-bond donors (Lipinski definition) is 0. The van der Waals surface area contributed by atoms with Crippen LogP contribution in [0.1, 0.15) is 23.8 Å². The predicted octanol–water partition coefficient (Wildman–Crippen LogP) is 4.28. The van der Waals surface area contributed by atoms with Gasteiger partial charge in [0, 0.05) is 24.2 Å². The quantitative estimate of drug-likeness (QED) is 0.336. The van der Waals surface area contributed by atoms with Crippen molar-refractivity contribution >= 4 is 44.9 Å². The van der Waals surface area contributed by atoms with Gasteiger partial charge in [0.25, 0.3) is 5.56 Å². The number of anilines is 1. The smallest absolute Gasteiger partial charge is 0.263 e. The van der Waals surface area contributed by atoms with Crippen molar-refractivity contribution < 1.29 is 4.79 Å². The van der Waals surface area contributed by atoms with Crippen molar-refractivity contribution in [1.82, 2.24) is 9.55 Å². The topological polar surface area (TPSA) is 55.2 Å². The van der Waals surface area contributed by atoms with Gasteiger partial charge in [0.1, 0.15) is 4.83 Å². The largest absolute Gasteiger partial charge is 0.315 e. The number of rotatable bonds is 6. The van der Waals surface area contributed by atoms with Gasteiger partial charge in [-0.05, 0) is 43.9 Å². The summed E-state index contributed by atoms with van der Waals surface area (Å²) >= 11 is 2.95. The first-order chi connectivity index (χ1) is 14.0. The van der Waals surface area contributed by atoms with Gasteiger partial charge >= 0.3 is 0 Å². The molecule has 29 heavy (non-hydrogen) atoms. The summed E-state index contributed by atoms with van der Waals surface area (Å²) in [5, 5.41) is 0.950. The molecule has 5 nitrogen and oxygen atoms in total. The number of para-hydroxylation sites is 1. The Bertz CT molecular complexity index is 1130. The summed E-state index contributed by atoms with van der Waals surface area (Å²) in [6.07, 6.45) is 4.78. The van der Waals surface area contributed by atoms with E-state index in [0.717, 1.165) is 35.2 Å². The van der Waals surface area contributed by atoms with Crippen LogP contribution in [0, 0.1) is 0 Å². The number of benzene rings is 1. The van der Waals surface area contributed by atoms with E-state index in [1.165, 1.54) is 22.2 Å². The van der Waals surface area contributed by atoms with Gasteiger partial charge in [0.05, 0.1) is 10.6 Å². The summed E-state index contributed by atoms with van der Waals surface area (Å²) in [6.45, 7) is 6.03. The van der Waals surface area contributed by atoms with Crippen LogP contribution in [0.5, 0.6) is 0 Å². The Kier molecular flexibility index (Phi) is 5.61. The summed E-state index contributed by atoms with van der Waals surface area (Å²) in [5.74, 6) is -0.0330. The molecule has 4 rings (SSSR count). The van der Waals surface area contributed by atoms with E-state index in [0.29, 0.717) is 11.7 Å². The van der Waals surface area contributed by atoms with E-state index in [2.05, 4.69) is 6.58 Å². The van der Waals surface area contributed by atoms with Gasteiger partial charge < -0.3 is 4.90 Å². The number of amides is 1. The molecule has 1 aliphatic carbocycles. The normalized spacial score (nSPS) is 14.0. The molecular formula is C22H23N3O2S2. The van der Waals surface area contributed by atoms with Crippen LogP contribution in [0.4, 0.5) is 5.69 Å². The fraction of sp³-hybridized carbons (Fsp3) is 0.318. The van der Waals surface area contributed by atoms with Crippen molar-refractivity contribution in [2.24, 2.45) is 0 Å². The second-order valence-electron chi connectivity index (χ2n) is 7.13. The molecule has 1 atom stereocenters. The maximum atomic E-state index is 13.2. The fourth-order valence-electron chi connectivity index (χ4n) is 3.70. The van der Waals surface area contributed by atoms with E-state index >= 15 is 0 Å². The maximum Gasteiger partial charge on any atom is 0.263 e. The number of allylic oxidation sites excluding steroid dienone is 1. The van der Waals surface area contributed by atoms with Crippen LogP contribution in [0.25, 0.3) is 10.2 Å². The lowest BCUT2D eigenvalue weighted by Crippen LogP contribution is -2.34. The van der Waals surface area contributed by atoms with Crippen molar-refractivity contribution in [3.63, 3.8) is 0 Å². The van der Waals surface area contributed by atoms with E-state index in [-0.39, 0.29) is 16.7 Å². The van der Waals surface area contributed by atoms with Crippen LogP contribution in [0.15, 0.2) is 52.9 Å². The Morgan fingerprint density at radius 1 is 1.38 bits per heavy atom. The molecule has 0 N–H and O–H groups in total. The van der Waals surface area contributed by atoms with Crippen LogP contribution in [-0.2, 0) is 24.2 Å². The number of aromatic nitrogens is 2. The Hall–Kier alpha value is -2.38. The molecular weight excluding hydrogens is 402 g/mol. The second kappa shape index (κ2) is 8.16. The molecule has 1 aliphatic rings. The van der Waals surface area contributed by atoms with Crippen molar-refractivity contribution in [1.29, 1.82) is 0 Å². The monoisotopic (exact) mass is 425 g/mol. The fourth-order valence-corrected chi connectivity index (χ4v) is 6.01. The third-order valence-corrected chi connectivity index (χ3v) is 7.47. The highest BCUT2D eigenvalue weighted by Gasteiger charge is 2.26. The molecule has 0 bridgehead atoms. The van der Waals surface area contributed by atoms with Crippen molar-refractivity contribution in [2.45, 2.75) is 43.1 Å². The molecule has 0 unspecified atom stereocenters. The van der Waals surface area contributed by atoms with Crippen LogP contribution in [0.2, 0.25) is 0 Å². The number of nitrogens with zero attached hydrogens (tertiary/aromatic N) is 3. The summed E-state index contributed by atoms with van der Waals surface area (Å²) < 4.78 is 1.65. The van der Waals surface area contributed by atoms with Gasteiger partial charge in [0.2, 0.25) is 5.91 Å². The molecule has 1 aromatic carbocycles. The van der Waals surface area contributed by atoms with Crippen LogP contribution in [-0.4, -0.2) is 27.8 Å². The molecule has 0 radical (unpaired) electrons. The Balaban J connectivity index is 1.68. The third kappa shape index (κ3) is 3.65. The summed E-state index contributed by atoms with van der Waals surface area (Å²) in [4.78, 5) is 34.7. The Labute approximate surface area is 178 Å². The highest BCUT2D eigenvalue weighted by Crippen LogP contribution is 2.36. The van der Waals surface area contributed by atoms with Gasteiger partial charge in [-0.15, -0.1) is 17.9 Å². The SMILES string of the molecule is C=CCn1c(S[C@H](C)C(=O)N(C)c2ccccc2)nc2sc3c(c2c1=O)CCC3. The van der Waals surface area contributed by atoms with Gasteiger partial charge in [-0.2, -0.15) is 0 Å². The average Bonchev–Trinajstić information content (AvgIpc) is 3.31. The minimum atomic E-state index is -0.382. The Morgan fingerprint density at radius 3 is 2.86 bits per heavy atom. The lowest BCUT2D eigenvalue weighted by Gasteiger charge is -2.21.